The summed E-state index contributed by atoms with van der Waals surface area (Å²) < 4.78 is 11.7. The highest BCUT2D eigenvalue weighted by molar-refractivity contribution is 5.90. The van der Waals surface area contributed by atoms with E-state index < -0.39 is 12.0 Å². The Morgan fingerprint density at radius 1 is 0.905 bits per heavy atom. The highest BCUT2D eigenvalue weighted by Crippen LogP contribution is 2.31. The largest absolute Gasteiger partial charge is 0.379 e. The van der Waals surface area contributed by atoms with Crippen molar-refractivity contribution in [2.24, 2.45) is 29.6 Å². The summed E-state index contributed by atoms with van der Waals surface area (Å²) >= 11 is 0. The molecule has 0 spiro atoms. The van der Waals surface area contributed by atoms with Gasteiger partial charge in [-0.15, -0.1) is 0 Å². The number of likely N-dealkylation sites (N-methyl/N-ethyl adjacent to an activating group) is 2. The molecule has 1 heterocycles. The molecule has 0 N–H and O–H groups in total. The van der Waals surface area contributed by atoms with Gasteiger partial charge in [0.15, 0.2) is 5.78 Å². The Bertz CT molecular complexity index is 883. The summed E-state index contributed by atoms with van der Waals surface area (Å²) in [5.74, 6) is -0.661. The Morgan fingerprint density at radius 3 is 1.93 bits per heavy atom. The van der Waals surface area contributed by atoms with E-state index in [1.807, 2.05) is 58.5 Å². The number of carbonyl (C=O) groups excluding carboxylic acids is 4. The first kappa shape index (κ1) is 38.2. The molecule has 9 nitrogen and oxygen atoms in total. The molecular weight excluding hydrogens is 534 g/mol. The van der Waals surface area contributed by atoms with E-state index in [-0.39, 0.29) is 84.1 Å². The van der Waals surface area contributed by atoms with Gasteiger partial charge in [0.05, 0.1) is 36.8 Å². The summed E-state index contributed by atoms with van der Waals surface area (Å²) in [4.78, 5) is 58.9. The van der Waals surface area contributed by atoms with E-state index in [1.165, 1.54) is 0 Å². The molecule has 244 valence electrons. The van der Waals surface area contributed by atoms with Crippen molar-refractivity contribution < 1.29 is 28.7 Å². The lowest BCUT2D eigenvalue weighted by Gasteiger charge is -2.41. The number of hydrogen-bond donors (Lipinski definition) is 0. The van der Waals surface area contributed by atoms with E-state index in [0.717, 1.165) is 19.3 Å². The van der Waals surface area contributed by atoms with Crippen molar-refractivity contribution in [1.29, 1.82) is 0 Å². The lowest BCUT2D eigenvalue weighted by atomic mass is 9.83. The molecule has 9 heteroatoms. The molecule has 8 atom stereocenters. The van der Waals surface area contributed by atoms with E-state index in [4.69, 9.17) is 9.47 Å². The van der Waals surface area contributed by atoms with Gasteiger partial charge in [0.25, 0.3) is 0 Å². The minimum absolute atomic E-state index is 0.0290. The van der Waals surface area contributed by atoms with Crippen LogP contribution in [0, 0.1) is 29.6 Å². The third-order valence-electron chi connectivity index (χ3n) is 9.55. The van der Waals surface area contributed by atoms with E-state index in [0.29, 0.717) is 6.54 Å². The van der Waals surface area contributed by atoms with E-state index >= 15 is 0 Å². The van der Waals surface area contributed by atoms with Crippen LogP contribution in [0.5, 0.6) is 0 Å². The fraction of sp³-hybridized carbons (Fsp3) is 0.879. The van der Waals surface area contributed by atoms with Gasteiger partial charge in [0.2, 0.25) is 11.8 Å². The highest BCUT2D eigenvalue weighted by atomic mass is 16.5. The molecule has 0 saturated carbocycles. The summed E-state index contributed by atoms with van der Waals surface area (Å²) in [7, 11) is 8.79. The standard InChI is InChI=1S/C33H61N3O6/c1-14-22(6)31(35(11)33(40)25(20(2)3)18-27(38)30(21(4)5)34(9)10)28(41-12)19-29(39)36-17-15-16-26(36)32(42-13)23(7)24(8)37/h20-23,25-26,28,30-32H,14-19H2,1-13H3/t22-,23-,25-,26-,28+,30-,31-,32+/m0/s1. The molecule has 1 fully saturated rings. The summed E-state index contributed by atoms with van der Waals surface area (Å²) in [5, 5.41) is 0. The Kier molecular flexibility index (Phi) is 15.9. The molecule has 0 aromatic carbocycles. The zero-order valence-corrected chi connectivity index (χ0v) is 28.8. The van der Waals surface area contributed by atoms with Gasteiger partial charge in [-0.05, 0) is 51.6 Å². The first-order chi connectivity index (χ1) is 19.5. The van der Waals surface area contributed by atoms with Gasteiger partial charge in [-0.25, -0.2) is 0 Å². The van der Waals surface area contributed by atoms with Crippen LogP contribution < -0.4 is 0 Å². The number of carbonyl (C=O) groups is 4. The van der Waals surface area contributed by atoms with Crippen LogP contribution in [-0.2, 0) is 28.7 Å². The van der Waals surface area contributed by atoms with Crippen LogP contribution >= 0.6 is 0 Å². The van der Waals surface area contributed by atoms with Gasteiger partial charge in [0.1, 0.15) is 5.78 Å². The Morgan fingerprint density at radius 2 is 1.50 bits per heavy atom. The predicted octanol–water partition coefficient (Wildman–Crippen LogP) is 4.31. The van der Waals surface area contributed by atoms with Gasteiger partial charge in [0, 0.05) is 46.1 Å². The summed E-state index contributed by atoms with van der Waals surface area (Å²) in [6, 6.07) is -0.783. The molecule has 0 aromatic heterocycles. The number of nitrogens with zero attached hydrogens (tertiary/aromatic N) is 3. The minimum atomic E-state index is -0.525. The maximum atomic E-state index is 14.1. The van der Waals surface area contributed by atoms with Crippen LogP contribution in [0.3, 0.4) is 0 Å². The van der Waals surface area contributed by atoms with Crippen LogP contribution in [0.2, 0.25) is 0 Å². The third-order valence-corrected chi connectivity index (χ3v) is 9.55. The topological polar surface area (TPSA) is 96.5 Å². The van der Waals surface area contributed by atoms with Crippen molar-refractivity contribution in [3.05, 3.63) is 0 Å². The Labute approximate surface area is 256 Å². The van der Waals surface area contributed by atoms with Crippen molar-refractivity contribution in [1.82, 2.24) is 14.7 Å². The zero-order valence-electron chi connectivity index (χ0n) is 28.8. The zero-order chi connectivity index (χ0) is 32.5. The maximum absolute atomic E-state index is 14.1. The fourth-order valence-corrected chi connectivity index (χ4v) is 6.85. The molecule has 0 bridgehead atoms. The van der Waals surface area contributed by atoms with Gasteiger partial charge in [-0.2, -0.15) is 0 Å². The number of ether oxygens (including phenoxy) is 2. The second kappa shape index (κ2) is 17.5. The summed E-state index contributed by atoms with van der Waals surface area (Å²) in [5.41, 5.74) is 0. The van der Waals surface area contributed by atoms with E-state index in [9.17, 15) is 19.2 Å². The van der Waals surface area contributed by atoms with Crippen LogP contribution in [0.1, 0.15) is 87.5 Å². The number of amides is 2. The van der Waals surface area contributed by atoms with Gasteiger partial charge in [-0.3, -0.25) is 24.1 Å². The lowest BCUT2D eigenvalue weighted by Crippen LogP contribution is -2.54. The van der Waals surface area contributed by atoms with Gasteiger partial charge < -0.3 is 19.3 Å². The lowest BCUT2D eigenvalue weighted by molar-refractivity contribution is -0.149. The van der Waals surface area contributed by atoms with Crippen molar-refractivity contribution in [2.75, 3.05) is 41.9 Å². The van der Waals surface area contributed by atoms with E-state index in [2.05, 4.69) is 13.8 Å². The quantitative estimate of drug-likeness (QED) is 0.233. The van der Waals surface area contributed by atoms with Crippen LogP contribution in [0.4, 0.5) is 0 Å². The molecular formula is C33H61N3O6. The maximum Gasteiger partial charge on any atom is 0.226 e. The molecule has 1 saturated heterocycles. The number of rotatable bonds is 18. The van der Waals surface area contributed by atoms with Crippen molar-refractivity contribution >= 4 is 23.4 Å². The first-order valence-corrected chi connectivity index (χ1v) is 15.9. The smallest absolute Gasteiger partial charge is 0.226 e. The number of hydrogen-bond acceptors (Lipinski definition) is 7. The van der Waals surface area contributed by atoms with Crippen LogP contribution in [-0.4, -0.2) is 110 Å². The SMILES string of the molecule is CC[C@H](C)[C@@H]([C@@H](CC(=O)N1CCC[C@H]1[C@H](OC)[C@@H](C)C(C)=O)OC)N(C)C(=O)[C@@H](CC(=O)[C@H](C(C)C)N(C)C)C(C)C. The number of likely N-dealkylation sites (tertiary alicyclic amines) is 1. The number of methoxy groups -OCH3 is 2. The predicted molar refractivity (Wildman–Crippen MR) is 167 cm³/mol. The van der Waals surface area contributed by atoms with E-state index in [1.54, 1.807) is 33.1 Å². The monoisotopic (exact) mass is 595 g/mol. The van der Waals surface area contributed by atoms with Crippen LogP contribution in [0.15, 0.2) is 0 Å². The van der Waals surface area contributed by atoms with Gasteiger partial charge in [-0.1, -0.05) is 54.9 Å². The molecule has 0 unspecified atom stereocenters. The molecule has 0 aliphatic carbocycles. The average Bonchev–Trinajstić information content (AvgIpc) is 3.39. The summed E-state index contributed by atoms with van der Waals surface area (Å²) in [6.45, 7) is 16.2. The molecule has 1 aliphatic heterocycles. The Hall–Kier alpha value is -1.84. The summed E-state index contributed by atoms with van der Waals surface area (Å²) in [6.07, 6.45) is 1.82. The van der Waals surface area contributed by atoms with Crippen molar-refractivity contribution in [2.45, 2.75) is 118 Å². The molecule has 1 aliphatic rings. The second-order valence-electron chi connectivity index (χ2n) is 13.4. The Balaban J connectivity index is 3.26. The molecule has 0 radical (unpaired) electrons. The van der Waals surface area contributed by atoms with Gasteiger partial charge >= 0.3 is 0 Å². The average molecular weight is 596 g/mol. The molecule has 42 heavy (non-hydrogen) atoms. The third kappa shape index (κ3) is 9.58. The van der Waals surface area contributed by atoms with Crippen LogP contribution in [0.25, 0.3) is 0 Å². The second-order valence-corrected chi connectivity index (χ2v) is 13.4. The molecule has 1 rings (SSSR count). The number of ketones is 2. The normalized spacial score (nSPS) is 20.8. The minimum Gasteiger partial charge on any atom is -0.379 e. The molecule has 2 amide bonds. The molecule has 0 aromatic rings. The fourth-order valence-electron chi connectivity index (χ4n) is 6.85. The first-order valence-electron chi connectivity index (χ1n) is 15.9. The van der Waals surface area contributed by atoms with Crippen molar-refractivity contribution in [3.8, 4) is 0 Å². The van der Waals surface area contributed by atoms with Crippen molar-refractivity contribution in [3.63, 3.8) is 0 Å². The number of Topliss-reactive ketones (excluding diaryl/α,β-unsaturated/α-hetero) is 2. The highest BCUT2D eigenvalue weighted by Gasteiger charge is 2.42.